The van der Waals surface area contributed by atoms with Crippen molar-refractivity contribution in [3.8, 4) is 0 Å². The maximum absolute atomic E-state index is 12.7. The number of carbonyl (C=O) groups is 3. The molecule has 1 aromatic rings. The van der Waals surface area contributed by atoms with Crippen LogP contribution in [0.4, 0.5) is 4.79 Å². The summed E-state index contributed by atoms with van der Waals surface area (Å²) >= 11 is 0. The molecule has 0 bridgehead atoms. The summed E-state index contributed by atoms with van der Waals surface area (Å²) in [5.41, 5.74) is 0.224. The molecule has 6 heteroatoms. The average Bonchev–Trinajstić information content (AvgIpc) is 2.69. The van der Waals surface area contributed by atoms with Crippen LogP contribution in [0.5, 0.6) is 0 Å². The average molecular weight is 346 g/mol. The molecule has 0 unspecified atom stereocenters. The third-order valence-electron chi connectivity index (χ3n) is 3.88. The fourth-order valence-electron chi connectivity index (χ4n) is 2.74. The lowest BCUT2D eigenvalue weighted by atomic mass is 10.1. The van der Waals surface area contributed by atoms with Crippen LogP contribution in [0.3, 0.4) is 0 Å². The van der Waals surface area contributed by atoms with E-state index < -0.39 is 17.7 Å². The van der Waals surface area contributed by atoms with Crippen molar-refractivity contribution in [3.05, 3.63) is 35.9 Å². The number of hydrogen-bond acceptors (Lipinski definition) is 4. The van der Waals surface area contributed by atoms with Gasteiger partial charge in [0, 0.05) is 6.54 Å². The van der Waals surface area contributed by atoms with Crippen molar-refractivity contribution >= 4 is 17.9 Å². The van der Waals surface area contributed by atoms with Crippen molar-refractivity contribution < 1.29 is 19.1 Å². The van der Waals surface area contributed by atoms with Gasteiger partial charge >= 0.3 is 6.09 Å². The largest absolute Gasteiger partial charge is 0.444 e. The van der Waals surface area contributed by atoms with Crippen LogP contribution in [0.1, 0.15) is 45.6 Å². The van der Waals surface area contributed by atoms with Crippen molar-refractivity contribution in [1.82, 2.24) is 10.2 Å². The molecule has 1 aliphatic rings. The monoisotopic (exact) mass is 346 g/mol. The number of amides is 3. The Morgan fingerprint density at radius 2 is 1.88 bits per heavy atom. The van der Waals surface area contributed by atoms with E-state index in [1.54, 1.807) is 20.8 Å². The van der Waals surface area contributed by atoms with Crippen molar-refractivity contribution in [2.45, 2.75) is 58.1 Å². The minimum absolute atomic E-state index is 0.172. The number of rotatable bonds is 3. The fourth-order valence-corrected chi connectivity index (χ4v) is 2.74. The molecule has 3 amide bonds. The van der Waals surface area contributed by atoms with E-state index >= 15 is 0 Å². The standard InChI is InChI=1S/C19H26N2O4/c1-19(2,3)25-18(24)20-15-11-7-8-12-21(17(15)23)16(22)13-14-9-5-4-6-10-14/h4-6,9-10,15H,7-8,11-13H2,1-3H3,(H,20,24)/t15-/m0/s1. The highest BCUT2D eigenvalue weighted by molar-refractivity contribution is 5.99. The summed E-state index contributed by atoms with van der Waals surface area (Å²) in [5.74, 6) is -0.599. The van der Waals surface area contributed by atoms with E-state index in [0.717, 1.165) is 18.4 Å². The van der Waals surface area contributed by atoms with Gasteiger partial charge in [0.25, 0.3) is 5.91 Å². The number of carbonyl (C=O) groups excluding carboxylic acids is 3. The maximum Gasteiger partial charge on any atom is 0.408 e. The highest BCUT2D eigenvalue weighted by atomic mass is 16.6. The number of imide groups is 1. The molecule has 0 radical (unpaired) electrons. The first kappa shape index (κ1) is 19.0. The number of nitrogens with one attached hydrogen (secondary N) is 1. The van der Waals surface area contributed by atoms with Crippen LogP contribution in [-0.4, -0.2) is 41.0 Å². The molecule has 0 spiro atoms. The first-order valence-corrected chi connectivity index (χ1v) is 8.64. The number of hydrogen-bond donors (Lipinski definition) is 1. The van der Waals surface area contributed by atoms with Crippen molar-refractivity contribution in [2.24, 2.45) is 0 Å². The molecular formula is C19H26N2O4. The van der Waals surface area contributed by atoms with Gasteiger partial charge in [0.1, 0.15) is 11.6 Å². The van der Waals surface area contributed by atoms with Gasteiger partial charge in [-0.3, -0.25) is 14.5 Å². The van der Waals surface area contributed by atoms with E-state index in [-0.39, 0.29) is 18.2 Å². The Hall–Kier alpha value is -2.37. The molecule has 0 aliphatic carbocycles. The lowest BCUT2D eigenvalue weighted by Gasteiger charge is -2.25. The Morgan fingerprint density at radius 1 is 1.20 bits per heavy atom. The molecule has 1 fully saturated rings. The SMILES string of the molecule is CC(C)(C)OC(=O)N[C@H]1CCCCN(C(=O)Cc2ccccc2)C1=O. The zero-order valence-corrected chi connectivity index (χ0v) is 15.1. The maximum atomic E-state index is 12.7. The summed E-state index contributed by atoms with van der Waals surface area (Å²) in [4.78, 5) is 38.5. The minimum Gasteiger partial charge on any atom is -0.444 e. The van der Waals surface area contributed by atoms with Crippen molar-refractivity contribution in [1.29, 1.82) is 0 Å². The highest BCUT2D eigenvalue weighted by Crippen LogP contribution is 2.15. The van der Waals surface area contributed by atoms with Gasteiger partial charge in [0.15, 0.2) is 0 Å². The first-order valence-electron chi connectivity index (χ1n) is 8.64. The van der Waals surface area contributed by atoms with Gasteiger partial charge in [-0.05, 0) is 45.6 Å². The van der Waals surface area contributed by atoms with E-state index in [1.807, 2.05) is 30.3 Å². The number of nitrogens with zero attached hydrogens (tertiary/aromatic N) is 1. The molecule has 1 atom stereocenters. The third kappa shape index (κ3) is 5.89. The summed E-state index contributed by atoms with van der Waals surface area (Å²) in [6.07, 6.45) is 1.54. The zero-order valence-electron chi connectivity index (χ0n) is 15.1. The number of likely N-dealkylation sites (tertiary alicyclic amines) is 1. The molecule has 136 valence electrons. The smallest absolute Gasteiger partial charge is 0.408 e. The van der Waals surface area contributed by atoms with Gasteiger partial charge in [-0.2, -0.15) is 0 Å². The van der Waals surface area contributed by atoms with E-state index in [4.69, 9.17) is 4.74 Å². The minimum atomic E-state index is -0.725. The molecule has 6 nitrogen and oxygen atoms in total. The Balaban J connectivity index is 2.02. The predicted octanol–water partition coefficient (Wildman–Crippen LogP) is 2.66. The molecule has 1 aliphatic heterocycles. The Morgan fingerprint density at radius 3 is 2.52 bits per heavy atom. The highest BCUT2D eigenvalue weighted by Gasteiger charge is 2.32. The van der Waals surface area contributed by atoms with Gasteiger partial charge in [-0.15, -0.1) is 0 Å². The molecule has 1 saturated heterocycles. The normalized spacial score (nSPS) is 18.4. The first-order chi connectivity index (χ1) is 11.8. The number of ether oxygens (including phenoxy) is 1. The van der Waals surface area contributed by atoms with E-state index in [9.17, 15) is 14.4 Å². The van der Waals surface area contributed by atoms with Crippen LogP contribution in [0, 0.1) is 0 Å². The fraction of sp³-hybridized carbons (Fsp3) is 0.526. The zero-order chi connectivity index (χ0) is 18.4. The molecule has 1 heterocycles. The molecule has 1 aromatic carbocycles. The van der Waals surface area contributed by atoms with Crippen LogP contribution >= 0.6 is 0 Å². The molecule has 25 heavy (non-hydrogen) atoms. The second-order valence-electron chi connectivity index (χ2n) is 7.24. The summed E-state index contributed by atoms with van der Waals surface area (Å²) in [6.45, 7) is 5.67. The van der Waals surface area contributed by atoms with Crippen LogP contribution in [0.15, 0.2) is 30.3 Å². The molecule has 1 N–H and O–H groups in total. The molecule has 2 rings (SSSR count). The summed E-state index contributed by atoms with van der Waals surface area (Å²) in [5, 5.41) is 2.61. The molecular weight excluding hydrogens is 320 g/mol. The molecule has 0 saturated carbocycles. The van der Waals surface area contributed by atoms with E-state index in [2.05, 4.69) is 5.32 Å². The van der Waals surface area contributed by atoms with Crippen LogP contribution in [0.25, 0.3) is 0 Å². The molecule has 0 aromatic heterocycles. The summed E-state index contributed by atoms with van der Waals surface area (Å²) < 4.78 is 5.22. The number of alkyl carbamates (subject to hydrolysis) is 1. The second-order valence-corrected chi connectivity index (χ2v) is 7.24. The lowest BCUT2D eigenvalue weighted by Crippen LogP contribution is -2.50. The van der Waals surface area contributed by atoms with Gasteiger partial charge in [-0.25, -0.2) is 4.79 Å². The Labute approximate surface area is 148 Å². The van der Waals surface area contributed by atoms with Crippen LogP contribution in [-0.2, 0) is 20.7 Å². The summed E-state index contributed by atoms with van der Waals surface area (Å²) in [6, 6.07) is 8.59. The third-order valence-corrected chi connectivity index (χ3v) is 3.88. The van der Waals surface area contributed by atoms with Gasteiger partial charge in [0.05, 0.1) is 6.42 Å². The van der Waals surface area contributed by atoms with Gasteiger partial charge in [0.2, 0.25) is 5.91 Å². The lowest BCUT2D eigenvalue weighted by molar-refractivity contribution is -0.145. The Bertz CT molecular complexity index is 622. The van der Waals surface area contributed by atoms with E-state index in [1.165, 1.54) is 4.90 Å². The Kier molecular flexibility index (Phi) is 6.17. The van der Waals surface area contributed by atoms with Crippen molar-refractivity contribution in [3.63, 3.8) is 0 Å². The second kappa shape index (κ2) is 8.14. The topological polar surface area (TPSA) is 75.7 Å². The number of benzene rings is 1. The van der Waals surface area contributed by atoms with Crippen LogP contribution in [0.2, 0.25) is 0 Å². The van der Waals surface area contributed by atoms with Crippen LogP contribution < -0.4 is 5.32 Å². The van der Waals surface area contributed by atoms with Crippen molar-refractivity contribution in [2.75, 3.05) is 6.54 Å². The quantitative estimate of drug-likeness (QED) is 0.913. The van der Waals surface area contributed by atoms with Gasteiger partial charge < -0.3 is 10.1 Å². The summed E-state index contributed by atoms with van der Waals surface area (Å²) in [7, 11) is 0. The van der Waals surface area contributed by atoms with Gasteiger partial charge in [-0.1, -0.05) is 30.3 Å². The predicted molar refractivity (Wildman–Crippen MR) is 93.9 cm³/mol. The van der Waals surface area contributed by atoms with E-state index in [0.29, 0.717) is 13.0 Å².